The van der Waals surface area contributed by atoms with Crippen LogP contribution in [0.3, 0.4) is 0 Å². The zero-order valence-electron chi connectivity index (χ0n) is 10.7. The van der Waals surface area contributed by atoms with Gasteiger partial charge in [-0.1, -0.05) is 0 Å². The minimum Gasteiger partial charge on any atom is -0.330 e. The van der Waals surface area contributed by atoms with E-state index in [-0.39, 0.29) is 0 Å². The standard InChI is InChI=1S/C12H29N3S/c1-15(11-4-5-12-16)10-3-2-8-14-9-6-7-13/h14,16H,2-13H2,1H3. The summed E-state index contributed by atoms with van der Waals surface area (Å²) in [6, 6.07) is 0. The number of nitrogens with two attached hydrogens (primary N) is 1. The largest absolute Gasteiger partial charge is 0.330 e. The molecule has 0 aromatic rings. The van der Waals surface area contributed by atoms with Crippen LogP contribution in [0, 0.1) is 0 Å². The van der Waals surface area contributed by atoms with Gasteiger partial charge in [0.2, 0.25) is 0 Å². The molecule has 0 atom stereocenters. The van der Waals surface area contributed by atoms with Crippen molar-refractivity contribution < 1.29 is 0 Å². The van der Waals surface area contributed by atoms with Gasteiger partial charge in [0, 0.05) is 0 Å². The van der Waals surface area contributed by atoms with E-state index in [1.165, 1.54) is 38.8 Å². The molecule has 0 aliphatic carbocycles. The van der Waals surface area contributed by atoms with Crippen molar-refractivity contribution in [1.82, 2.24) is 10.2 Å². The van der Waals surface area contributed by atoms with Gasteiger partial charge in [0.15, 0.2) is 0 Å². The van der Waals surface area contributed by atoms with Crippen molar-refractivity contribution in [3.05, 3.63) is 0 Å². The van der Waals surface area contributed by atoms with Gasteiger partial charge in [-0.05, 0) is 77.6 Å². The zero-order valence-corrected chi connectivity index (χ0v) is 11.6. The highest BCUT2D eigenvalue weighted by Gasteiger charge is 1.97. The Morgan fingerprint density at radius 2 is 1.62 bits per heavy atom. The number of nitrogens with zero attached hydrogens (tertiary/aromatic N) is 1. The average Bonchev–Trinajstić information content (AvgIpc) is 2.28. The fourth-order valence-corrected chi connectivity index (χ4v) is 1.81. The lowest BCUT2D eigenvalue weighted by Crippen LogP contribution is -2.23. The number of hydrogen-bond donors (Lipinski definition) is 3. The van der Waals surface area contributed by atoms with E-state index in [4.69, 9.17) is 5.73 Å². The summed E-state index contributed by atoms with van der Waals surface area (Å²) in [6.07, 6.45) is 6.14. The normalized spacial score (nSPS) is 11.2. The highest BCUT2D eigenvalue weighted by atomic mass is 32.1. The Morgan fingerprint density at radius 1 is 1.00 bits per heavy atom. The topological polar surface area (TPSA) is 41.3 Å². The molecule has 0 amide bonds. The lowest BCUT2D eigenvalue weighted by Gasteiger charge is -2.16. The summed E-state index contributed by atoms with van der Waals surface area (Å²) in [6.45, 7) is 5.41. The van der Waals surface area contributed by atoms with Crippen molar-refractivity contribution in [2.24, 2.45) is 5.73 Å². The Balaban J connectivity index is 3.06. The molecule has 0 bridgehead atoms. The summed E-state index contributed by atoms with van der Waals surface area (Å²) in [5.41, 5.74) is 5.41. The second kappa shape index (κ2) is 13.3. The molecule has 0 fully saturated rings. The molecule has 0 aromatic carbocycles. The molecule has 3 nitrogen and oxygen atoms in total. The molecule has 0 aliphatic heterocycles. The smallest absolute Gasteiger partial charge is 0.00213 e. The minimum absolute atomic E-state index is 0.793. The maximum absolute atomic E-state index is 5.41. The zero-order chi connectivity index (χ0) is 12.1. The molecule has 0 radical (unpaired) electrons. The number of hydrogen-bond acceptors (Lipinski definition) is 4. The molecule has 0 aromatic heterocycles. The lowest BCUT2D eigenvalue weighted by atomic mass is 10.2. The molecule has 0 unspecified atom stereocenters. The summed E-state index contributed by atoms with van der Waals surface area (Å²) in [5, 5.41) is 3.40. The Bertz CT molecular complexity index is 133. The minimum atomic E-state index is 0.793. The number of rotatable bonds is 12. The van der Waals surface area contributed by atoms with Crippen LogP contribution in [-0.4, -0.2) is 50.4 Å². The van der Waals surface area contributed by atoms with Crippen LogP contribution < -0.4 is 11.1 Å². The SMILES string of the molecule is CN(CCCCS)CCCCNCCCN. The Morgan fingerprint density at radius 3 is 2.25 bits per heavy atom. The first-order valence-electron chi connectivity index (χ1n) is 6.51. The van der Waals surface area contributed by atoms with Gasteiger partial charge in [-0.15, -0.1) is 0 Å². The van der Waals surface area contributed by atoms with Crippen LogP contribution in [0.15, 0.2) is 0 Å². The van der Waals surface area contributed by atoms with Crippen LogP contribution in [0.2, 0.25) is 0 Å². The molecule has 0 saturated heterocycles. The molecule has 4 heteroatoms. The highest BCUT2D eigenvalue weighted by Crippen LogP contribution is 1.97. The molecule has 16 heavy (non-hydrogen) atoms. The van der Waals surface area contributed by atoms with E-state index in [9.17, 15) is 0 Å². The molecule has 98 valence electrons. The highest BCUT2D eigenvalue weighted by molar-refractivity contribution is 7.80. The first kappa shape index (κ1) is 16.2. The second-order valence-electron chi connectivity index (χ2n) is 4.33. The third-order valence-electron chi connectivity index (χ3n) is 2.65. The van der Waals surface area contributed by atoms with E-state index in [2.05, 4.69) is 29.9 Å². The molecule has 0 spiro atoms. The summed E-state index contributed by atoms with van der Waals surface area (Å²) in [5.74, 6) is 1.01. The van der Waals surface area contributed by atoms with Crippen LogP contribution in [0.25, 0.3) is 0 Å². The third-order valence-corrected chi connectivity index (χ3v) is 2.97. The summed E-state index contributed by atoms with van der Waals surface area (Å²) >= 11 is 4.21. The summed E-state index contributed by atoms with van der Waals surface area (Å²) in [7, 11) is 2.21. The molecule has 0 aliphatic rings. The first-order chi connectivity index (χ1) is 7.81. The van der Waals surface area contributed by atoms with Gasteiger partial charge in [0.1, 0.15) is 0 Å². The molecule has 0 rings (SSSR count). The van der Waals surface area contributed by atoms with E-state index in [1.54, 1.807) is 0 Å². The lowest BCUT2D eigenvalue weighted by molar-refractivity contribution is 0.320. The van der Waals surface area contributed by atoms with Crippen molar-refractivity contribution in [1.29, 1.82) is 0 Å². The van der Waals surface area contributed by atoms with Crippen molar-refractivity contribution in [3.8, 4) is 0 Å². The van der Waals surface area contributed by atoms with Crippen molar-refractivity contribution in [2.75, 3.05) is 45.5 Å². The van der Waals surface area contributed by atoms with Crippen LogP contribution in [-0.2, 0) is 0 Å². The molecular formula is C12H29N3S. The molecule has 0 heterocycles. The van der Waals surface area contributed by atoms with Crippen LogP contribution in [0.1, 0.15) is 32.1 Å². The van der Waals surface area contributed by atoms with Gasteiger partial charge >= 0.3 is 0 Å². The Hall–Kier alpha value is 0.230. The van der Waals surface area contributed by atoms with Crippen molar-refractivity contribution >= 4 is 12.6 Å². The van der Waals surface area contributed by atoms with Crippen molar-refractivity contribution in [2.45, 2.75) is 32.1 Å². The maximum Gasteiger partial charge on any atom is -0.00213 e. The maximum atomic E-state index is 5.41. The summed E-state index contributed by atoms with van der Waals surface area (Å²) in [4.78, 5) is 2.42. The van der Waals surface area contributed by atoms with E-state index < -0.39 is 0 Å². The van der Waals surface area contributed by atoms with Gasteiger partial charge in [-0.3, -0.25) is 0 Å². The quantitative estimate of drug-likeness (QED) is 0.360. The van der Waals surface area contributed by atoms with Gasteiger partial charge in [0.25, 0.3) is 0 Å². The van der Waals surface area contributed by atoms with E-state index in [0.717, 1.165) is 31.8 Å². The van der Waals surface area contributed by atoms with Gasteiger partial charge in [0.05, 0.1) is 0 Å². The molecule has 0 saturated carbocycles. The van der Waals surface area contributed by atoms with Crippen molar-refractivity contribution in [3.63, 3.8) is 0 Å². The fraction of sp³-hybridized carbons (Fsp3) is 1.00. The third kappa shape index (κ3) is 12.3. The van der Waals surface area contributed by atoms with Gasteiger partial charge in [-0.2, -0.15) is 12.6 Å². The first-order valence-corrected chi connectivity index (χ1v) is 7.14. The number of unbranched alkanes of at least 4 members (excludes halogenated alkanes) is 2. The van der Waals surface area contributed by atoms with Crippen LogP contribution >= 0.6 is 12.6 Å². The van der Waals surface area contributed by atoms with Gasteiger partial charge < -0.3 is 16.0 Å². The fourth-order valence-electron chi connectivity index (χ4n) is 1.59. The predicted molar refractivity (Wildman–Crippen MR) is 76.4 cm³/mol. The van der Waals surface area contributed by atoms with E-state index in [0.29, 0.717) is 0 Å². The second-order valence-corrected chi connectivity index (χ2v) is 4.78. The van der Waals surface area contributed by atoms with Crippen LogP contribution in [0.5, 0.6) is 0 Å². The monoisotopic (exact) mass is 247 g/mol. The van der Waals surface area contributed by atoms with E-state index in [1.807, 2.05) is 0 Å². The number of thiol groups is 1. The Labute approximate surface area is 107 Å². The molecular weight excluding hydrogens is 218 g/mol. The Kier molecular flexibility index (Phi) is 13.5. The average molecular weight is 247 g/mol. The summed E-state index contributed by atoms with van der Waals surface area (Å²) < 4.78 is 0. The van der Waals surface area contributed by atoms with Crippen LogP contribution in [0.4, 0.5) is 0 Å². The van der Waals surface area contributed by atoms with Gasteiger partial charge in [-0.25, -0.2) is 0 Å². The van der Waals surface area contributed by atoms with E-state index >= 15 is 0 Å². The predicted octanol–water partition coefficient (Wildman–Crippen LogP) is 1.35. The number of nitrogens with one attached hydrogen (secondary N) is 1. The molecule has 3 N–H and O–H groups in total.